The zero-order chi connectivity index (χ0) is 20.5. The Morgan fingerprint density at radius 3 is 1.93 bits per heavy atom. The van der Waals surface area contributed by atoms with Crippen molar-refractivity contribution in [1.29, 1.82) is 0 Å². The fourth-order valence-corrected chi connectivity index (χ4v) is 2.68. The van der Waals surface area contributed by atoms with Gasteiger partial charge in [0.1, 0.15) is 6.04 Å². The average Bonchev–Trinajstić information content (AvgIpc) is 2.68. The summed E-state index contributed by atoms with van der Waals surface area (Å²) < 4.78 is 0. The number of hydrogen-bond acceptors (Lipinski definition) is 4. The fraction of sp³-hybridized carbons (Fsp3) is 0.238. The van der Waals surface area contributed by atoms with Crippen molar-refractivity contribution in [3.8, 4) is 0 Å². The lowest BCUT2D eigenvalue weighted by atomic mass is 10.0. The van der Waals surface area contributed by atoms with Gasteiger partial charge in [-0.15, -0.1) is 0 Å². The van der Waals surface area contributed by atoms with Crippen molar-refractivity contribution in [3.63, 3.8) is 0 Å². The van der Waals surface area contributed by atoms with Gasteiger partial charge in [0, 0.05) is 6.42 Å². The molecule has 7 nitrogen and oxygen atoms in total. The Morgan fingerprint density at radius 2 is 1.39 bits per heavy atom. The van der Waals surface area contributed by atoms with E-state index in [1.54, 1.807) is 0 Å². The second-order valence-electron chi connectivity index (χ2n) is 6.43. The number of hydrogen-bond donors (Lipinski definition) is 3. The van der Waals surface area contributed by atoms with Crippen molar-refractivity contribution >= 4 is 23.5 Å². The second-order valence-corrected chi connectivity index (χ2v) is 6.43. The van der Waals surface area contributed by atoms with Crippen LogP contribution >= 0.6 is 0 Å². The van der Waals surface area contributed by atoms with Crippen molar-refractivity contribution < 1.29 is 19.2 Å². The Kier molecular flexibility index (Phi) is 7.45. The third-order valence-corrected chi connectivity index (χ3v) is 4.14. The molecular weight excluding hydrogens is 358 g/mol. The molecule has 146 valence electrons. The van der Waals surface area contributed by atoms with Gasteiger partial charge in [-0.05, 0) is 18.1 Å². The number of amides is 3. The average molecular weight is 381 g/mol. The minimum atomic E-state index is -1.12. The first kappa shape index (κ1) is 20.8. The SMILES string of the molecule is CC(NC(=O)[C@H](Cc1ccccc1)NC(=O)Cc1ccccc1)C(=O)C(N)=O. The zero-order valence-corrected chi connectivity index (χ0v) is 15.6. The summed E-state index contributed by atoms with van der Waals surface area (Å²) in [5.74, 6) is -2.91. The Bertz CT molecular complexity index is 837. The van der Waals surface area contributed by atoms with E-state index in [2.05, 4.69) is 10.6 Å². The Balaban J connectivity index is 2.09. The molecule has 0 aromatic heterocycles. The van der Waals surface area contributed by atoms with Crippen LogP contribution in [0, 0.1) is 0 Å². The molecule has 7 heteroatoms. The molecular formula is C21H23N3O4. The van der Waals surface area contributed by atoms with Crippen molar-refractivity contribution in [1.82, 2.24) is 10.6 Å². The first-order valence-corrected chi connectivity index (χ1v) is 8.88. The fourth-order valence-electron chi connectivity index (χ4n) is 2.68. The monoisotopic (exact) mass is 381 g/mol. The lowest BCUT2D eigenvalue weighted by Crippen LogP contribution is -2.53. The molecule has 3 amide bonds. The molecule has 0 aliphatic heterocycles. The number of nitrogens with two attached hydrogens (primary N) is 1. The topological polar surface area (TPSA) is 118 Å². The highest BCUT2D eigenvalue weighted by Gasteiger charge is 2.26. The molecule has 4 N–H and O–H groups in total. The van der Waals surface area contributed by atoms with Crippen molar-refractivity contribution in [2.45, 2.75) is 31.8 Å². The maximum Gasteiger partial charge on any atom is 0.287 e. The molecule has 0 saturated heterocycles. The van der Waals surface area contributed by atoms with E-state index in [-0.39, 0.29) is 18.7 Å². The highest BCUT2D eigenvalue weighted by Crippen LogP contribution is 2.06. The van der Waals surface area contributed by atoms with Crippen molar-refractivity contribution in [3.05, 3.63) is 71.8 Å². The van der Waals surface area contributed by atoms with Crippen LogP contribution in [-0.4, -0.2) is 35.6 Å². The minimum absolute atomic E-state index is 0.120. The van der Waals surface area contributed by atoms with Crippen molar-refractivity contribution in [2.24, 2.45) is 5.73 Å². The normalized spacial score (nSPS) is 12.5. The number of ketones is 1. The molecule has 2 aromatic rings. The molecule has 0 aliphatic carbocycles. The van der Waals surface area contributed by atoms with Gasteiger partial charge in [0.2, 0.25) is 17.6 Å². The molecule has 1 unspecified atom stereocenters. The summed E-state index contributed by atoms with van der Waals surface area (Å²) in [7, 11) is 0. The Labute approximate surface area is 163 Å². The Morgan fingerprint density at radius 1 is 0.857 bits per heavy atom. The van der Waals surface area contributed by atoms with Crippen LogP contribution in [0.2, 0.25) is 0 Å². The van der Waals surface area contributed by atoms with Crippen LogP contribution in [0.25, 0.3) is 0 Å². The van der Waals surface area contributed by atoms with Gasteiger partial charge in [0.15, 0.2) is 0 Å². The van der Waals surface area contributed by atoms with Gasteiger partial charge >= 0.3 is 0 Å². The zero-order valence-electron chi connectivity index (χ0n) is 15.6. The number of nitrogens with one attached hydrogen (secondary N) is 2. The molecule has 0 spiro atoms. The van der Waals surface area contributed by atoms with Crippen LogP contribution in [0.15, 0.2) is 60.7 Å². The predicted molar refractivity (Wildman–Crippen MR) is 104 cm³/mol. The second kappa shape index (κ2) is 10.0. The van der Waals surface area contributed by atoms with E-state index in [0.29, 0.717) is 0 Å². The van der Waals surface area contributed by atoms with E-state index in [1.165, 1.54) is 6.92 Å². The standard InChI is InChI=1S/C21H23N3O4/c1-14(19(26)20(22)27)23-21(28)17(12-15-8-4-2-5-9-15)24-18(25)13-16-10-6-3-7-11-16/h2-11,14,17H,12-13H2,1H3,(H2,22,27)(H,23,28)(H,24,25)/t14?,17-/m0/s1. The maximum absolute atomic E-state index is 12.6. The largest absolute Gasteiger partial charge is 0.363 e. The lowest BCUT2D eigenvalue weighted by Gasteiger charge is -2.21. The van der Waals surface area contributed by atoms with Crippen LogP contribution in [0.4, 0.5) is 0 Å². The van der Waals surface area contributed by atoms with E-state index in [1.807, 2.05) is 60.7 Å². The molecule has 2 rings (SSSR count). The number of rotatable bonds is 9. The first-order valence-electron chi connectivity index (χ1n) is 8.88. The van der Waals surface area contributed by atoms with Gasteiger partial charge in [-0.3, -0.25) is 19.2 Å². The summed E-state index contributed by atoms with van der Waals surface area (Å²) in [6, 6.07) is 16.3. The number of carbonyl (C=O) groups is 4. The summed E-state index contributed by atoms with van der Waals surface area (Å²) in [4.78, 5) is 47.7. The molecule has 0 fully saturated rings. The third kappa shape index (κ3) is 6.35. The molecule has 0 radical (unpaired) electrons. The van der Waals surface area contributed by atoms with Crippen LogP contribution in [0.5, 0.6) is 0 Å². The molecule has 0 aliphatic rings. The van der Waals surface area contributed by atoms with Gasteiger partial charge in [0.05, 0.1) is 12.5 Å². The molecule has 2 atom stereocenters. The van der Waals surface area contributed by atoms with Crippen LogP contribution < -0.4 is 16.4 Å². The van der Waals surface area contributed by atoms with Gasteiger partial charge in [-0.2, -0.15) is 0 Å². The van der Waals surface area contributed by atoms with Gasteiger partial charge in [-0.25, -0.2) is 0 Å². The van der Waals surface area contributed by atoms with Crippen LogP contribution in [-0.2, 0) is 32.0 Å². The van der Waals surface area contributed by atoms with Gasteiger partial charge < -0.3 is 16.4 Å². The summed E-state index contributed by atoms with van der Waals surface area (Å²) in [6.45, 7) is 1.37. The van der Waals surface area contributed by atoms with E-state index in [0.717, 1.165) is 11.1 Å². The molecule has 0 heterocycles. The quantitative estimate of drug-likeness (QED) is 0.549. The molecule has 0 saturated carbocycles. The molecule has 28 heavy (non-hydrogen) atoms. The lowest BCUT2D eigenvalue weighted by molar-refractivity contribution is -0.138. The summed E-state index contributed by atoms with van der Waals surface area (Å²) in [6.07, 6.45) is 0.361. The van der Waals surface area contributed by atoms with E-state index in [9.17, 15) is 19.2 Å². The van der Waals surface area contributed by atoms with Gasteiger partial charge in [-0.1, -0.05) is 60.7 Å². The molecule has 2 aromatic carbocycles. The van der Waals surface area contributed by atoms with Gasteiger partial charge in [0.25, 0.3) is 5.91 Å². The number of primary amides is 1. The first-order chi connectivity index (χ1) is 13.4. The van der Waals surface area contributed by atoms with E-state index >= 15 is 0 Å². The summed E-state index contributed by atoms with van der Waals surface area (Å²) in [5.41, 5.74) is 6.63. The number of carbonyl (C=O) groups excluding carboxylic acids is 4. The predicted octanol–water partition coefficient (Wildman–Crippen LogP) is 0.516. The minimum Gasteiger partial charge on any atom is -0.363 e. The highest BCUT2D eigenvalue weighted by atomic mass is 16.2. The molecule has 0 bridgehead atoms. The Hall–Kier alpha value is -3.48. The summed E-state index contributed by atoms with van der Waals surface area (Å²) in [5, 5.41) is 5.16. The maximum atomic E-state index is 12.6. The smallest absolute Gasteiger partial charge is 0.287 e. The highest BCUT2D eigenvalue weighted by molar-refractivity contribution is 6.37. The van der Waals surface area contributed by atoms with Crippen molar-refractivity contribution in [2.75, 3.05) is 0 Å². The number of Topliss-reactive ketones (excluding diaryl/α,β-unsaturated/α-hetero) is 1. The van der Waals surface area contributed by atoms with Crippen LogP contribution in [0.3, 0.4) is 0 Å². The van der Waals surface area contributed by atoms with Crippen LogP contribution in [0.1, 0.15) is 18.1 Å². The van der Waals surface area contributed by atoms with E-state index in [4.69, 9.17) is 5.73 Å². The summed E-state index contributed by atoms with van der Waals surface area (Å²) >= 11 is 0. The number of benzene rings is 2. The third-order valence-electron chi connectivity index (χ3n) is 4.14. The van der Waals surface area contributed by atoms with E-state index < -0.39 is 29.7 Å².